The smallest absolute Gasteiger partial charge is 0.151 e. The summed E-state index contributed by atoms with van der Waals surface area (Å²) in [5.74, 6) is 0.594. The van der Waals surface area contributed by atoms with Crippen molar-refractivity contribution in [1.82, 2.24) is 0 Å². The second kappa shape index (κ2) is 5.38. The molecule has 4 heteroatoms. The number of halogens is 2. The van der Waals surface area contributed by atoms with E-state index in [1.165, 1.54) is 18.2 Å². The third-order valence-electron chi connectivity index (χ3n) is 2.57. The molecule has 0 amide bonds. The van der Waals surface area contributed by atoms with Gasteiger partial charge in [-0.3, -0.25) is 0 Å². The number of para-hydroxylation sites is 1. The maximum absolute atomic E-state index is 13.0. The van der Waals surface area contributed by atoms with Crippen molar-refractivity contribution in [3.8, 4) is 11.5 Å². The van der Waals surface area contributed by atoms with E-state index in [-0.39, 0.29) is 12.4 Å². The summed E-state index contributed by atoms with van der Waals surface area (Å²) in [7, 11) is 0. The van der Waals surface area contributed by atoms with E-state index in [1.807, 2.05) is 0 Å². The fourth-order valence-electron chi connectivity index (χ4n) is 1.63. The van der Waals surface area contributed by atoms with E-state index in [1.54, 1.807) is 25.1 Å². The van der Waals surface area contributed by atoms with Crippen molar-refractivity contribution in [3.63, 3.8) is 0 Å². The molecular formula is C14H12ClFO2. The highest BCUT2D eigenvalue weighted by Gasteiger charge is 2.10. The summed E-state index contributed by atoms with van der Waals surface area (Å²) in [6.45, 7) is 1.57. The average molecular weight is 267 g/mol. The number of hydrogen-bond donors (Lipinski definition) is 1. The molecule has 0 bridgehead atoms. The van der Waals surface area contributed by atoms with Crippen LogP contribution < -0.4 is 4.74 Å². The molecule has 0 aliphatic carbocycles. The average Bonchev–Trinajstić information content (AvgIpc) is 2.34. The summed E-state index contributed by atoms with van der Waals surface area (Å²) in [6.07, 6.45) is 0. The van der Waals surface area contributed by atoms with Crippen molar-refractivity contribution in [3.05, 3.63) is 58.4 Å². The van der Waals surface area contributed by atoms with E-state index in [4.69, 9.17) is 16.3 Å². The van der Waals surface area contributed by atoms with Crippen molar-refractivity contribution < 1.29 is 14.2 Å². The van der Waals surface area contributed by atoms with Gasteiger partial charge in [-0.25, -0.2) is 4.39 Å². The molecule has 0 saturated heterocycles. The predicted molar refractivity (Wildman–Crippen MR) is 68.6 cm³/mol. The van der Waals surface area contributed by atoms with Gasteiger partial charge in [-0.2, -0.15) is 0 Å². The van der Waals surface area contributed by atoms with E-state index in [9.17, 15) is 9.50 Å². The van der Waals surface area contributed by atoms with E-state index in [2.05, 4.69) is 0 Å². The molecule has 0 aromatic heterocycles. The summed E-state index contributed by atoms with van der Waals surface area (Å²) in [6, 6.07) is 9.37. The highest BCUT2D eigenvalue weighted by molar-refractivity contribution is 6.32. The summed E-state index contributed by atoms with van der Waals surface area (Å²) < 4.78 is 18.6. The molecule has 2 rings (SSSR count). The number of aliphatic hydroxyl groups excluding tert-OH is 1. The number of hydrogen-bond acceptors (Lipinski definition) is 2. The first-order valence-electron chi connectivity index (χ1n) is 5.44. The van der Waals surface area contributed by atoms with Gasteiger partial charge in [0.2, 0.25) is 0 Å². The number of aliphatic hydroxyl groups is 1. The second-order valence-electron chi connectivity index (χ2n) is 3.90. The number of aryl methyl sites for hydroxylation is 1. The normalized spacial score (nSPS) is 10.4. The minimum Gasteiger partial charge on any atom is -0.455 e. The first-order valence-corrected chi connectivity index (χ1v) is 5.82. The van der Waals surface area contributed by atoms with Gasteiger partial charge in [0.1, 0.15) is 11.6 Å². The highest BCUT2D eigenvalue weighted by Crippen LogP contribution is 2.34. The van der Waals surface area contributed by atoms with Crippen molar-refractivity contribution in [1.29, 1.82) is 0 Å². The summed E-state index contributed by atoms with van der Waals surface area (Å²) in [4.78, 5) is 0. The second-order valence-corrected chi connectivity index (χ2v) is 4.31. The van der Waals surface area contributed by atoms with E-state index < -0.39 is 0 Å². The monoisotopic (exact) mass is 266 g/mol. The Kier molecular flexibility index (Phi) is 3.84. The van der Waals surface area contributed by atoms with Crippen molar-refractivity contribution >= 4 is 11.6 Å². The Balaban J connectivity index is 2.39. The lowest BCUT2D eigenvalue weighted by Gasteiger charge is -2.13. The van der Waals surface area contributed by atoms with Crippen molar-refractivity contribution in [2.45, 2.75) is 13.5 Å². The van der Waals surface area contributed by atoms with E-state index in [0.29, 0.717) is 27.6 Å². The molecular weight excluding hydrogens is 255 g/mol. The Labute approximate surface area is 110 Å². The number of benzene rings is 2. The molecule has 0 atom stereocenters. The molecule has 0 radical (unpaired) electrons. The largest absolute Gasteiger partial charge is 0.455 e. The SMILES string of the molecule is Cc1cc(F)ccc1Oc1c(Cl)cccc1CO. The van der Waals surface area contributed by atoms with Crippen LogP contribution in [0, 0.1) is 12.7 Å². The van der Waals surface area contributed by atoms with E-state index in [0.717, 1.165) is 0 Å². The summed E-state index contributed by atoms with van der Waals surface area (Å²) >= 11 is 6.03. The third-order valence-corrected chi connectivity index (χ3v) is 2.87. The molecule has 18 heavy (non-hydrogen) atoms. The van der Waals surface area contributed by atoms with Gasteiger partial charge in [-0.15, -0.1) is 0 Å². The van der Waals surface area contributed by atoms with Crippen molar-refractivity contribution in [2.24, 2.45) is 0 Å². The lowest BCUT2D eigenvalue weighted by Crippen LogP contribution is -1.94. The Morgan fingerprint density at radius 3 is 2.72 bits per heavy atom. The molecule has 0 aliphatic rings. The molecule has 0 aliphatic heterocycles. The topological polar surface area (TPSA) is 29.5 Å². The summed E-state index contributed by atoms with van der Waals surface area (Å²) in [5, 5.41) is 9.64. The maximum Gasteiger partial charge on any atom is 0.151 e. The standard InChI is InChI=1S/C14H12ClFO2/c1-9-7-11(16)5-6-13(9)18-14-10(8-17)3-2-4-12(14)15/h2-7,17H,8H2,1H3. The van der Waals surface area contributed by atoms with Crippen LogP contribution in [0.2, 0.25) is 5.02 Å². The number of ether oxygens (including phenoxy) is 1. The first-order chi connectivity index (χ1) is 8.61. The fourth-order valence-corrected chi connectivity index (χ4v) is 1.86. The van der Waals surface area contributed by atoms with Crippen LogP contribution in [-0.4, -0.2) is 5.11 Å². The zero-order valence-corrected chi connectivity index (χ0v) is 10.5. The highest BCUT2D eigenvalue weighted by atomic mass is 35.5. The third kappa shape index (κ3) is 2.63. The molecule has 0 fully saturated rings. The molecule has 0 heterocycles. The number of rotatable bonds is 3. The van der Waals surface area contributed by atoms with Crippen LogP contribution in [0.4, 0.5) is 4.39 Å². The molecule has 94 valence electrons. The lowest BCUT2D eigenvalue weighted by molar-refractivity contribution is 0.276. The lowest BCUT2D eigenvalue weighted by atomic mass is 10.2. The molecule has 1 N–H and O–H groups in total. The van der Waals surface area contributed by atoms with Crippen molar-refractivity contribution in [2.75, 3.05) is 0 Å². The van der Waals surface area contributed by atoms with Gasteiger partial charge in [0, 0.05) is 5.56 Å². The maximum atomic E-state index is 13.0. The molecule has 0 saturated carbocycles. The van der Waals surface area contributed by atoms with Gasteiger partial charge < -0.3 is 9.84 Å². The van der Waals surface area contributed by atoms with Crippen LogP contribution in [-0.2, 0) is 6.61 Å². The quantitative estimate of drug-likeness (QED) is 0.907. The predicted octanol–water partition coefficient (Wildman–Crippen LogP) is 4.07. The van der Waals surface area contributed by atoms with Crippen LogP contribution >= 0.6 is 11.6 Å². The Hall–Kier alpha value is -1.58. The van der Waals surface area contributed by atoms with Crippen LogP contribution in [0.15, 0.2) is 36.4 Å². The molecule has 2 aromatic carbocycles. The van der Waals surface area contributed by atoms with Gasteiger partial charge in [0.15, 0.2) is 5.75 Å². The minimum absolute atomic E-state index is 0.171. The first kappa shape index (κ1) is 12.9. The Bertz CT molecular complexity index is 570. The zero-order valence-electron chi connectivity index (χ0n) is 9.78. The van der Waals surface area contributed by atoms with Gasteiger partial charge >= 0.3 is 0 Å². The molecule has 0 spiro atoms. The van der Waals surface area contributed by atoms with Gasteiger partial charge in [0.05, 0.1) is 11.6 Å². The Morgan fingerprint density at radius 2 is 2.06 bits per heavy atom. The zero-order chi connectivity index (χ0) is 13.1. The molecule has 0 unspecified atom stereocenters. The van der Waals surface area contributed by atoms with Gasteiger partial charge in [-0.1, -0.05) is 23.7 Å². The molecule has 2 nitrogen and oxygen atoms in total. The van der Waals surface area contributed by atoms with Crippen LogP contribution in [0.3, 0.4) is 0 Å². The van der Waals surface area contributed by atoms with E-state index >= 15 is 0 Å². The summed E-state index contributed by atoms with van der Waals surface area (Å²) in [5.41, 5.74) is 1.25. The van der Waals surface area contributed by atoms with Crippen LogP contribution in [0.25, 0.3) is 0 Å². The fraction of sp³-hybridized carbons (Fsp3) is 0.143. The van der Waals surface area contributed by atoms with Gasteiger partial charge in [0.25, 0.3) is 0 Å². The molecule has 2 aromatic rings. The Morgan fingerprint density at radius 1 is 1.28 bits per heavy atom. The van der Waals surface area contributed by atoms with Crippen LogP contribution in [0.5, 0.6) is 11.5 Å². The van der Waals surface area contributed by atoms with Crippen LogP contribution in [0.1, 0.15) is 11.1 Å². The minimum atomic E-state index is -0.318. The van der Waals surface area contributed by atoms with Gasteiger partial charge in [-0.05, 0) is 36.8 Å².